The van der Waals surface area contributed by atoms with Crippen LogP contribution in [0.4, 0.5) is 0 Å². The summed E-state index contributed by atoms with van der Waals surface area (Å²) in [6, 6.07) is 15.2. The molecule has 8 rings (SSSR count). The second-order valence-corrected chi connectivity index (χ2v) is 20.5. The Morgan fingerprint density at radius 3 is 2.51 bits per heavy atom. The van der Waals surface area contributed by atoms with E-state index in [9.17, 15) is 34.2 Å². The van der Waals surface area contributed by atoms with E-state index < -0.39 is 64.7 Å². The third-order valence-corrected chi connectivity index (χ3v) is 14.3. The molecule has 4 atom stereocenters. The van der Waals surface area contributed by atoms with Gasteiger partial charge in [0, 0.05) is 68.9 Å². The normalized spacial score (nSPS) is 22.6. The number of hydrogen-bond acceptors (Lipinski definition) is 10. The first kappa shape index (κ1) is 48.4. The number of likely N-dealkylation sites (N-methyl/N-ethyl adjacent to an activating group) is 2. The molecule has 3 aromatic carbocycles. The van der Waals surface area contributed by atoms with Gasteiger partial charge in [0.05, 0.1) is 18.8 Å². The van der Waals surface area contributed by atoms with Gasteiger partial charge in [-0.15, -0.1) is 0 Å². The van der Waals surface area contributed by atoms with Crippen molar-refractivity contribution in [2.75, 3.05) is 46.9 Å². The fraction of sp³-hybridized carbons (Fsp3) is 0.491. The minimum Gasteiger partial charge on any atom is -0.508 e. The van der Waals surface area contributed by atoms with E-state index >= 15 is 0 Å². The average Bonchev–Trinajstić information content (AvgIpc) is 3.86. The number of carbonyl (C=O) groups excluding carboxylic acids is 5. The summed E-state index contributed by atoms with van der Waals surface area (Å²) >= 11 is 0. The number of ether oxygens (including phenoxy) is 1. The molecule has 4 aliphatic rings. The maximum atomic E-state index is 14.7. The Morgan fingerprint density at radius 2 is 1.78 bits per heavy atom. The Balaban J connectivity index is 1.19. The van der Waals surface area contributed by atoms with Gasteiger partial charge in [0.15, 0.2) is 5.60 Å². The summed E-state index contributed by atoms with van der Waals surface area (Å²) in [6.07, 6.45) is 3.56. The van der Waals surface area contributed by atoms with Crippen molar-refractivity contribution in [3.63, 3.8) is 0 Å². The summed E-state index contributed by atoms with van der Waals surface area (Å²) in [4.78, 5) is 74.5. The number of phenols is 1. The molecular formula is C53H67N7O8. The van der Waals surface area contributed by atoms with Crippen molar-refractivity contribution in [3.8, 4) is 28.1 Å². The van der Waals surface area contributed by atoms with Crippen LogP contribution in [-0.4, -0.2) is 135 Å². The van der Waals surface area contributed by atoms with Gasteiger partial charge in [-0.25, -0.2) is 5.43 Å². The van der Waals surface area contributed by atoms with Crippen molar-refractivity contribution in [1.29, 1.82) is 0 Å². The predicted octanol–water partition coefficient (Wildman–Crippen LogP) is 4.97. The fourth-order valence-electron chi connectivity index (χ4n) is 10.8. The van der Waals surface area contributed by atoms with Gasteiger partial charge in [0.25, 0.3) is 11.8 Å². The van der Waals surface area contributed by atoms with Crippen molar-refractivity contribution < 1.29 is 38.9 Å². The highest BCUT2D eigenvalue weighted by Crippen LogP contribution is 2.41. The van der Waals surface area contributed by atoms with Gasteiger partial charge in [-0.05, 0) is 121 Å². The Hall–Kier alpha value is -6.03. The summed E-state index contributed by atoms with van der Waals surface area (Å²) in [5, 5.41) is 28.2. The van der Waals surface area contributed by atoms with Crippen molar-refractivity contribution in [3.05, 3.63) is 89.5 Å². The Labute approximate surface area is 399 Å². The standard InChI is InChI=1S/C53H67N7O8/c1-9-45(62)58-21-18-53(67,30-58)51(66)57(8)46(32(3)4)48(63)54-43-24-33-22-38(26-39(61)23-33)34-15-16-44-40(27-34)41(28-52(5,6)31-68-50(65)42-12-11-19-60(55-42)49(43)64)47(59(44)10-2)36-13-14-37-29-56(7)20-17-35(37)25-36/h9,13-16,22-23,25-27,32,42-43,46,55,61,67H,1,10-12,17-21,24,28-31H2,2-8H3,(H,54,63)/t42-,43-,46-,53?/m0/s1. The number of phenolic OH excluding ortho intramolecular Hbond substituents is 1. The van der Waals surface area contributed by atoms with E-state index in [1.807, 2.05) is 12.1 Å². The largest absolute Gasteiger partial charge is 0.508 e. The fourth-order valence-corrected chi connectivity index (χ4v) is 10.8. The van der Waals surface area contributed by atoms with Crippen LogP contribution >= 0.6 is 0 Å². The number of fused-ring (bicyclic) bond motifs is 7. The van der Waals surface area contributed by atoms with Crippen LogP contribution in [0, 0.1) is 11.3 Å². The van der Waals surface area contributed by atoms with Crippen molar-refractivity contribution in [1.82, 2.24) is 35.0 Å². The Kier molecular flexibility index (Phi) is 13.6. The van der Waals surface area contributed by atoms with Gasteiger partial charge in [-0.2, -0.15) is 0 Å². The monoisotopic (exact) mass is 930 g/mol. The molecule has 4 N–H and O–H groups in total. The maximum Gasteiger partial charge on any atom is 0.324 e. The molecule has 362 valence electrons. The molecule has 2 fully saturated rings. The number of aromatic hydroxyl groups is 1. The number of esters is 1. The van der Waals surface area contributed by atoms with Gasteiger partial charge in [0.2, 0.25) is 11.8 Å². The molecule has 1 aromatic heterocycles. The zero-order valence-electron chi connectivity index (χ0n) is 40.6. The summed E-state index contributed by atoms with van der Waals surface area (Å²) in [7, 11) is 3.59. The molecule has 4 aliphatic heterocycles. The minimum absolute atomic E-state index is 0.0164. The Bertz CT molecular complexity index is 2660. The number of likely N-dealkylation sites (tertiary alicyclic amines) is 1. The molecule has 0 aliphatic carbocycles. The SMILES string of the molecule is C=CC(=O)N1CCC(O)(C(=O)N(C)[C@H](C(=O)N[C@H]2Cc3cc(O)cc(c3)-c3ccc4c(c3)c(c(-c3ccc5c(c3)CCN(C)C5)n4CC)CC(C)(C)COC(=O)[C@@H]3CCCN(N3)C2=O)C(C)C)C1. The number of nitrogens with zero attached hydrogens (tertiary/aromatic N) is 5. The highest BCUT2D eigenvalue weighted by atomic mass is 16.5. The van der Waals surface area contributed by atoms with Crippen molar-refractivity contribution >= 4 is 40.5 Å². The molecule has 5 heterocycles. The van der Waals surface area contributed by atoms with E-state index in [2.05, 4.69) is 84.9 Å². The topological polar surface area (TPSA) is 177 Å². The number of aliphatic hydroxyl groups is 1. The van der Waals surface area contributed by atoms with Crippen LogP contribution in [0.3, 0.4) is 0 Å². The number of aryl methyl sites for hydroxylation is 1. The Morgan fingerprint density at radius 1 is 1.01 bits per heavy atom. The number of carbonyl (C=O) groups is 5. The quantitative estimate of drug-likeness (QED) is 0.140. The van der Waals surface area contributed by atoms with Crippen molar-refractivity contribution in [2.45, 2.75) is 110 Å². The molecule has 15 heteroatoms. The summed E-state index contributed by atoms with van der Waals surface area (Å²) in [5.41, 5.74) is 9.97. The zero-order chi connectivity index (χ0) is 48.8. The van der Waals surface area contributed by atoms with Gasteiger partial charge in [0.1, 0.15) is 23.9 Å². The lowest BCUT2D eigenvalue weighted by Crippen LogP contribution is -2.63. The molecule has 4 amide bonds. The summed E-state index contributed by atoms with van der Waals surface area (Å²) in [6.45, 7) is 16.3. The molecule has 1 unspecified atom stereocenters. The number of amides is 4. The molecule has 68 heavy (non-hydrogen) atoms. The van der Waals surface area contributed by atoms with Crippen LogP contribution in [0.15, 0.2) is 67.3 Å². The molecule has 6 bridgehead atoms. The van der Waals surface area contributed by atoms with Crippen LogP contribution in [0.5, 0.6) is 5.75 Å². The molecule has 15 nitrogen and oxygen atoms in total. The van der Waals surface area contributed by atoms with Crippen LogP contribution in [0.2, 0.25) is 0 Å². The number of cyclic esters (lactones) is 1. The summed E-state index contributed by atoms with van der Waals surface area (Å²) < 4.78 is 8.49. The van der Waals surface area contributed by atoms with Crippen LogP contribution in [0.1, 0.15) is 76.1 Å². The van der Waals surface area contributed by atoms with E-state index in [4.69, 9.17) is 4.74 Å². The third kappa shape index (κ3) is 9.65. The number of β-amino-alcohol motifs (C(OH)–C–C–N with tert-alkyl or cyclic N) is 1. The van der Waals surface area contributed by atoms with Crippen LogP contribution in [-0.2, 0) is 61.1 Å². The van der Waals surface area contributed by atoms with E-state index in [0.717, 1.165) is 71.0 Å². The third-order valence-electron chi connectivity index (χ3n) is 14.3. The first-order valence-corrected chi connectivity index (χ1v) is 24.0. The number of rotatable bonds is 8. The smallest absolute Gasteiger partial charge is 0.324 e. The number of aromatic nitrogens is 1. The number of nitrogens with one attached hydrogen (secondary N) is 2. The van der Waals surface area contributed by atoms with Gasteiger partial charge >= 0.3 is 5.97 Å². The highest BCUT2D eigenvalue weighted by Gasteiger charge is 2.48. The first-order valence-electron chi connectivity index (χ1n) is 24.0. The van der Waals surface area contributed by atoms with Crippen LogP contribution in [0.25, 0.3) is 33.3 Å². The van der Waals surface area contributed by atoms with Crippen molar-refractivity contribution in [2.24, 2.45) is 11.3 Å². The lowest BCUT2D eigenvalue weighted by molar-refractivity contribution is -0.156. The highest BCUT2D eigenvalue weighted by molar-refractivity contribution is 5.97. The molecule has 2 saturated heterocycles. The lowest BCUT2D eigenvalue weighted by Gasteiger charge is -2.37. The predicted molar refractivity (Wildman–Crippen MR) is 260 cm³/mol. The van der Waals surface area contributed by atoms with Gasteiger partial charge < -0.3 is 39.5 Å². The zero-order valence-corrected chi connectivity index (χ0v) is 40.6. The van der Waals surface area contributed by atoms with Crippen LogP contribution < -0.4 is 10.7 Å². The lowest BCUT2D eigenvalue weighted by atomic mass is 9.84. The number of hydrogen-bond donors (Lipinski definition) is 4. The number of hydrazine groups is 1. The van der Waals surface area contributed by atoms with Gasteiger partial charge in [-0.3, -0.25) is 29.0 Å². The first-order chi connectivity index (χ1) is 32.3. The van der Waals surface area contributed by atoms with E-state index in [-0.39, 0.29) is 44.8 Å². The molecule has 0 radical (unpaired) electrons. The molecule has 0 spiro atoms. The second-order valence-electron chi connectivity index (χ2n) is 20.5. The average molecular weight is 930 g/mol. The van der Waals surface area contributed by atoms with E-state index in [0.29, 0.717) is 24.8 Å². The van der Waals surface area contributed by atoms with E-state index in [1.165, 1.54) is 33.0 Å². The van der Waals surface area contributed by atoms with E-state index in [1.54, 1.807) is 26.0 Å². The molecule has 4 aromatic rings. The number of benzene rings is 3. The van der Waals surface area contributed by atoms with Gasteiger partial charge in [-0.1, -0.05) is 58.5 Å². The summed E-state index contributed by atoms with van der Waals surface area (Å²) in [5.74, 6) is -3.24. The maximum absolute atomic E-state index is 14.7. The second kappa shape index (κ2) is 19.2. The minimum atomic E-state index is -1.92. The molecule has 0 saturated carbocycles. The molecular weight excluding hydrogens is 863 g/mol.